The van der Waals surface area contributed by atoms with Crippen LogP contribution < -0.4 is 10.9 Å². The van der Waals surface area contributed by atoms with Crippen molar-refractivity contribution in [3.8, 4) is 0 Å². The summed E-state index contributed by atoms with van der Waals surface area (Å²) in [4.78, 5) is 12.1. The lowest BCUT2D eigenvalue weighted by molar-refractivity contribution is 0.541. The standard InChI is InChI=1S/C12H20BrN3O2S/c1-4-5-6-16-12(17)11(13)10(7-14-16)15-9(2)8-19(3)18/h7,9,15H,4-6,8H2,1-3H3. The van der Waals surface area contributed by atoms with Gasteiger partial charge in [0.05, 0.1) is 11.9 Å². The maximum absolute atomic E-state index is 12.1. The van der Waals surface area contributed by atoms with Gasteiger partial charge in [0.25, 0.3) is 5.56 Å². The summed E-state index contributed by atoms with van der Waals surface area (Å²) in [6.07, 6.45) is 5.24. The number of anilines is 1. The van der Waals surface area contributed by atoms with Crippen molar-refractivity contribution in [2.24, 2.45) is 0 Å². The summed E-state index contributed by atoms with van der Waals surface area (Å²) in [6.45, 7) is 4.63. The van der Waals surface area contributed by atoms with Crippen molar-refractivity contribution in [1.82, 2.24) is 9.78 Å². The van der Waals surface area contributed by atoms with Gasteiger partial charge < -0.3 is 5.32 Å². The minimum Gasteiger partial charge on any atom is -0.379 e. The largest absolute Gasteiger partial charge is 0.379 e. The first-order valence-electron chi connectivity index (χ1n) is 6.27. The van der Waals surface area contributed by atoms with Gasteiger partial charge in [0.1, 0.15) is 4.47 Å². The van der Waals surface area contributed by atoms with Crippen LogP contribution in [-0.4, -0.2) is 32.0 Å². The smallest absolute Gasteiger partial charge is 0.283 e. The highest BCUT2D eigenvalue weighted by molar-refractivity contribution is 9.10. The first-order valence-corrected chi connectivity index (χ1v) is 8.79. The van der Waals surface area contributed by atoms with Gasteiger partial charge in [-0.2, -0.15) is 5.10 Å². The third-order valence-electron chi connectivity index (χ3n) is 2.59. The fraction of sp³-hybridized carbons (Fsp3) is 0.667. The molecule has 1 aromatic heterocycles. The van der Waals surface area contributed by atoms with Gasteiger partial charge >= 0.3 is 0 Å². The predicted octanol–water partition coefficient (Wildman–Crippen LogP) is 1.98. The molecule has 0 aliphatic heterocycles. The van der Waals surface area contributed by atoms with Gasteiger partial charge in [-0.3, -0.25) is 9.00 Å². The quantitative estimate of drug-likeness (QED) is 0.817. The topological polar surface area (TPSA) is 64.0 Å². The molecule has 0 aliphatic carbocycles. The van der Waals surface area contributed by atoms with Crippen LogP contribution in [0.4, 0.5) is 5.69 Å². The van der Waals surface area contributed by atoms with E-state index in [1.54, 1.807) is 12.5 Å². The second-order valence-electron chi connectivity index (χ2n) is 4.54. The summed E-state index contributed by atoms with van der Waals surface area (Å²) in [6, 6.07) is 0.0230. The van der Waals surface area contributed by atoms with Gasteiger partial charge in [0.15, 0.2) is 0 Å². The van der Waals surface area contributed by atoms with Gasteiger partial charge in [0, 0.05) is 35.4 Å². The van der Waals surface area contributed by atoms with E-state index >= 15 is 0 Å². The average molecular weight is 350 g/mol. The molecule has 0 aromatic carbocycles. The number of hydrogen-bond acceptors (Lipinski definition) is 4. The molecule has 2 atom stereocenters. The molecule has 0 amide bonds. The van der Waals surface area contributed by atoms with E-state index in [0.29, 0.717) is 22.5 Å². The maximum Gasteiger partial charge on any atom is 0.283 e. The second-order valence-corrected chi connectivity index (χ2v) is 6.81. The van der Waals surface area contributed by atoms with E-state index in [0.717, 1.165) is 12.8 Å². The number of halogens is 1. The highest BCUT2D eigenvalue weighted by Crippen LogP contribution is 2.17. The van der Waals surface area contributed by atoms with Crippen LogP contribution >= 0.6 is 15.9 Å². The summed E-state index contributed by atoms with van der Waals surface area (Å²) in [5.74, 6) is 0.533. The maximum atomic E-state index is 12.1. The molecule has 5 nitrogen and oxygen atoms in total. The Kier molecular flexibility index (Phi) is 6.71. The molecule has 1 rings (SSSR count). The van der Waals surface area contributed by atoms with Crippen LogP contribution in [0.5, 0.6) is 0 Å². The first-order chi connectivity index (χ1) is 8.95. The molecule has 0 radical (unpaired) electrons. The molecular formula is C12H20BrN3O2S. The van der Waals surface area contributed by atoms with Gasteiger partial charge in [0.2, 0.25) is 0 Å². The molecular weight excluding hydrogens is 330 g/mol. The molecule has 0 saturated carbocycles. The Balaban J connectivity index is 2.84. The summed E-state index contributed by atoms with van der Waals surface area (Å²) in [7, 11) is -0.872. The van der Waals surface area contributed by atoms with Gasteiger partial charge in [-0.1, -0.05) is 13.3 Å². The molecule has 1 aromatic rings. The van der Waals surface area contributed by atoms with E-state index in [2.05, 4.69) is 33.3 Å². The van der Waals surface area contributed by atoms with Crippen molar-refractivity contribution in [3.63, 3.8) is 0 Å². The van der Waals surface area contributed by atoms with Crippen LogP contribution in [0.2, 0.25) is 0 Å². The lowest BCUT2D eigenvalue weighted by atomic mass is 10.3. The number of aryl methyl sites for hydroxylation is 1. The SMILES string of the molecule is CCCCn1ncc(NC(C)CS(C)=O)c(Br)c1=O. The zero-order chi connectivity index (χ0) is 14.4. The zero-order valence-electron chi connectivity index (χ0n) is 11.5. The average Bonchev–Trinajstić information content (AvgIpc) is 2.33. The third kappa shape index (κ3) is 5.06. The van der Waals surface area contributed by atoms with Crippen molar-refractivity contribution in [2.45, 2.75) is 39.3 Å². The van der Waals surface area contributed by atoms with Crippen LogP contribution in [0.25, 0.3) is 0 Å². The Hall–Kier alpha value is -0.690. The molecule has 7 heteroatoms. The molecule has 1 heterocycles. The van der Waals surface area contributed by atoms with Crippen LogP contribution in [-0.2, 0) is 17.3 Å². The Morgan fingerprint density at radius 3 is 2.84 bits per heavy atom. The molecule has 0 bridgehead atoms. The van der Waals surface area contributed by atoms with E-state index in [4.69, 9.17) is 0 Å². The van der Waals surface area contributed by atoms with Crippen LogP contribution in [0, 0.1) is 0 Å². The van der Waals surface area contributed by atoms with E-state index in [1.807, 2.05) is 6.92 Å². The zero-order valence-corrected chi connectivity index (χ0v) is 13.9. The number of rotatable bonds is 7. The van der Waals surface area contributed by atoms with E-state index in [9.17, 15) is 9.00 Å². The fourth-order valence-electron chi connectivity index (χ4n) is 1.69. The summed E-state index contributed by atoms with van der Waals surface area (Å²) >= 11 is 3.31. The number of unbranched alkanes of at least 4 members (excludes halogenated alkanes) is 1. The van der Waals surface area contributed by atoms with Crippen molar-refractivity contribution in [3.05, 3.63) is 21.0 Å². The van der Waals surface area contributed by atoms with Crippen molar-refractivity contribution in [2.75, 3.05) is 17.3 Å². The summed E-state index contributed by atoms with van der Waals surface area (Å²) < 4.78 is 13.1. The third-order valence-corrected chi connectivity index (χ3v) is 4.33. The molecule has 0 aliphatic rings. The molecule has 2 unspecified atom stereocenters. The van der Waals surface area contributed by atoms with E-state index in [-0.39, 0.29) is 11.6 Å². The minimum absolute atomic E-state index is 0.0230. The van der Waals surface area contributed by atoms with Crippen molar-refractivity contribution >= 4 is 32.4 Å². The number of nitrogens with one attached hydrogen (secondary N) is 1. The van der Waals surface area contributed by atoms with E-state index < -0.39 is 10.8 Å². The fourth-order valence-corrected chi connectivity index (χ4v) is 2.90. The van der Waals surface area contributed by atoms with Crippen LogP contribution in [0.3, 0.4) is 0 Å². The van der Waals surface area contributed by atoms with E-state index in [1.165, 1.54) is 4.68 Å². The van der Waals surface area contributed by atoms with Crippen LogP contribution in [0.1, 0.15) is 26.7 Å². The molecule has 0 fully saturated rings. The van der Waals surface area contributed by atoms with Crippen molar-refractivity contribution in [1.29, 1.82) is 0 Å². The Bertz CT molecular complexity index is 504. The number of aromatic nitrogens is 2. The van der Waals surface area contributed by atoms with Gasteiger partial charge in [-0.05, 0) is 29.3 Å². The predicted molar refractivity (Wildman–Crippen MR) is 83.1 cm³/mol. The monoisotopic (exact) mass is 349 g/mol. The van der Waals surface area contributed by atoms with Gasteiger partial charge in [-0.25, -0.2) is 4.68 Å². The highest BCUT2D eigenvalue weighted by Gasteiger charge is 2.11. The Labute approximate surface area is 124 Å². The lowest BCUT2D eigenvalue weighted by Gasteiger charge is -2.15. The molecule has 19 heavy (non-hydrogen) atoms. The minimum atomic E-state index is -0.872. The normalized spacial score (nSPS) is 14.1. The first kappa shape index (κ1) is 16.4. The van der Waals surface area contributed by atoms with Gasteiger partial charge in [-0.15, -0.1) is 0 Å². The molecule has 0 spiro atoms. The molecule has 0 saturated heterocycles. The lowest BCUT2D eigenvalue weighted by Crippen LogP contribution is -2.28. The molecule has 1 N–H and O–H groups in total. The summed E-state index contributed by atoms with van der Waals surface area (Å²) in [5, 5.41) is 7.29. The van der Waals surface area contributed by atoms with Crippen LogP contribution in [0.15, 0.2) is 15.5 Å². The number of hydrogen-bond donors (Lipinski definition) is 1. The van der Waals surface area contributed by atoms with Crippen molar-refractivity contribution < 1.29 is 4.21 Å². The Morgan fingerprint density at radius 2 is 2.26 bits per heavy atom. The summed E-state index contributed by atoms with van der Waals surface area (Å²) in [5.41, 5.74) is 0.513. The Morgan fingerprint density at radius 1 is 1.58 bits per heavy atom. The number of nitrogens with zero attached hydrogens (tertiary/aromatic N) is 2. The molecule has 108 valence electrons. The second kappa shape index (κ2) is 7.79. The highest BCUT2D eigenvalue weighted by atomic mass is 79.9.